The third kappa shape index (κ3) is 3.23. The van der Waals surface area contributed by atoms with Crippen LogP contribution in [0, 0.1) is 11.8 Å². The van der Waals surface area contributed by atoms with Crippen LogP contribution in [0.15, 0.2) is 0 Å². The maximum Gasteiger partial charge on any atom is 0.0121 e. The Morgan fingerprint density at radius 3 is 2.53 bits per heavy atom. The van der Waals surface area contributed by atoms with Gasteiger partial charge in [-0.3, -0.25) is 4.90 Å². The van der Waals surface area contributed by atoms with E-state index in [4.69, 9.17) is 0 Å². The van der Waals surface area contributed by atoms with Crippen LogP contribution in [0.4, 0.5) is 0 Å². The summed E-state index contributed by atoms with van der Waals surface area (Å²) >= 11 is 0. The van der Waals surface area contributed by atoms with E-state index in [2.05, 4.69) is 31.0 Å². The Labute approximate surface area is 107 Å². The van der Waals surface area contributed by atoms with Crippen molar-refractivity contribution in [2.45, 2.75) is 65.0 Å². The average molecular weight is 238 g/mol. The third-order valence-electron chi connectivity index (χ3n) is 4.88. The lowest BCUT2D eigenvalue weighted by Gasteiger charge is -2.41. The number of hydrogen-bond donors (Lipinski definition) is 1. The molecule has 0 aromatic rings. The quantitative estimate of drug-likeness (QED) is 0.810. The van der Waals surface area contributed by atoms with Crippen molar-refractivity contribution in [1.29, 1.82) is 0 Å². The normalized spacial score (nSPS) is 39.7. The molecule has 4 unspecified atom stereocenters. The molecule has 0 aromatic carbocycles. The molecule has 0 spiro atoms. The van der Waals surface area contributed by atoms with Gasteiger partial charge in [0.05, 0.1) is 0 Å². The molecule has 0 aromatic heterocycles. The monoisotopic (exact) mass is 238 g/mol. The van der Waals surface area contributed by atoms with Crippen molar-refractivity contribution in [3.8, 4) is 0 Å². The zero-order valence-corrected chi connectivity index (χ0v) is 11.9. The summed E-state index contributed by atoms with van der Waals surface area (Å²) in [7, 11) is 0. The highest BCUT2D eigenvalue weighted by molar-refractivity contribution is 4.89. The predicted molar refractivity (Wildman–Crippen MR) is 74.2 cm³/mol. The molecule has 17 heavy (non-hydrogen) atoms. The molecule has 0 radical (unpaired) electrons. The summed E-state index contributed by atoms with van der Waals surface area (Å²) in [4.78, 5) is 2.78. The van der Waals surface area contributed by atoms with Crippen molar-refractivity contribution in [2.24, 2.45) is 11.8 Å². The fourth-order valence-corrected chi connectivity index (χ4v) is 3.78. The van der Waals surface area contributed by atoms with Crippen LogP contribution in [0.5, 0.6) is 0 Å². The summed E-state index contributed by atoms with van der Waals surface area (Å²) in [6.45, 7) is 11.0. The van der Waals surface area contributed by atoms with Crippen LogP contribution in [0.1, 0.15) is 52.9 Å². The van der Waals surface area contributed by atoms with Crippen LogP contribution in [-0.4, -0.2) is 36.6 Å². The lowest BCUT2D eigenvalue weighted by Crippen LogP contribution is -2.52. The Balaban J connectivity index is 1.82. The largest absolute Gasteiger partial charge is 0.314 e. The first kappa shape index (κ1) is 13.4. The second-order valence-electron chi connectivity index (χ2n) is 6.30. The van der Waals surface area contributed by atoms with Crippen molar-refractivity contribution in [2.75, 3.05) is 19.6 Å². The van der Waals surface area contributed by atoms with Gasteiger partial charge in [-0.15, -0.1) is 0 Å². The molecule has 1 aliphatic heterocycles. The third-order valence-corrected chi connectivity index (χ3v) is 4.88. The number of piperidine rings is 1. The first-order chi connectivity index (χ1) is 8.22. The summed E-state index contributed by atoms with van der Waals surface area (Å²) in [5.74, 6) is 1.76. The number of nitrogens with zero attached hydrogens (tertiary/aromatic N) is 1. The van der Waals surface area contributed by atoms with Crippen LogP contribution < -0.4 is 5.32 Å². The van der Waals surface area contributed by atoms with Gasteiger partial charge in [-0.2, -0.15) is 0 Å². The highest BCUT2D eigenvalue weighted by atomic mass is 15.2. The number of rotatable bonds is 4. The highest BCUT2D eigenvalue weighted by Crippen LogP contribution is 2.32. The summed E-state index contributed by atoms with van der Waals surface area (Å²) in [5.41, 5.74) is 0. The molecule has 2 heteroatoms. The molecule has 1 saturated heterocycles. The molecule has 100 valence electrons. The molecule has 1 N–H and O–H groups in total. The Kier molecular flexibility index (Phi) is 4.87. The summed E-state index contributed by atoms with van der Waals surface area (Å²) in [5, 5.41) is 3.72. The molecule has 1 heterocycles. The zero-order chi connectivity index (χ0) is 12.3. The van der Waals surface area contributed by atoms with Gasteiger partial charge in [0.25, 0.3) is 0 Å². The van der Waals surface area contributed by atoms with E-state index < -0.39 is 0 Å². The van der Waals surface area contributed by atoms with Gasteiger partial charge in [-0.1, -0.05) is 27.2 Å². The molecule has 2 nitrogen and oxygen atoms in total. The van der Waals surface area contributed by atoms with Crippen molar-refractivity contribution in [3.05, 3.63) is 0 Å². The second kappa shape index (κ2) is 6.19. The lowest BCUT2D eigenvalue weighted by molar-refractivity contribution is 0.0881. The van der Waals surface area contributed by atoms with Gasteiger partial charge in [0.2, 0.25) is 0 Å². The van der Waals surface area contributed by atoms with E-state index in [1.54, 1.807) is 0 Å². The summed E-state index contributed by atoms with van der Waals surface area (Å²) in [6, 6.07) is 1.66. The van der Waals surface area contributed by atoms with E-state index >= 15 is 0 Å². The van der Waals surface area contributed by atoms with E-state index in [1.165, 1.54) is 51.7 Å². The number of nitrogens with one attached hydrogen (secondary N) is 1. The van der Waals surface area contributed by atoms with E-state index in [0.717, 1.165) is 23.9 Å². The fraction of sp³-hybridized carbons (Fsp3) is 1.00. The fourth-order valence-electron chi connectivity index (χ4n) is 3.78. The average Bonchev–Trinajstić information content (AvgIpc) is 2.74. The Morgan fingerprint density at radius 2 is 1.94 bits per heavy atom. The molecule has 2 fully saturated rings. The molecular weight excluding hydrogens is 208 g/mol. The first-order valence-corrected chi connectivity index (χ1v) is 7.69. The van der Waals surface area contributed by atoms with Crippen molar-refractivity contribution in [3.63, 3.8) is 0 Å². The maximum atomic E-state index is 3.72. The van der Waals surface area contributed by atoms with E-state index in [0.29, 0.717) is 0 Å². The van der Waals surface area contributed by atoms with Gasteiger partial charge in [-0.25, -0.2) is 0 Å². The van der Waals surface area contributed by atoms with Crippen LogP contribution >= 0.6 is 0 Å². The second-order valence-corrected chi connectivity index (χ2v) is 6.30. The smallest absolute Gasteiger partial charge is 0.0121 e. The van der Waals surface area contributed by atoms with E-state index in [9.17, 15) is 0 Å². The van der Waals surface area contributed by atoms with Gasteiger partial charge in [0.1, 0.15) is 0 Å². The summed E-state index contributed by atoms with van der Waals surface area (Å²) < 4.78 is 0. The van der Waals surface area contributed by atoms with Gasteiger partial charge in [-0.05, 0) is 50.6 Å². The minimum absolute atomic E-state index is 0.767. The van der Waals surface area contributed by atoms with Gasteiger partial charge >= 0.3 is 0 Å². The van der Waals surface area contributed by atoms with Crippen LogP contribution in [0.25, 0.3) is 0 Å². The SMILES string of the molecule is CCCNC1CCN(C2CCCC2C)CC1C. The molecule has 2 aliphatic rings. The minimum Gasteiger partial charge on any atom is -0.314 e. The topological polar surface area (TPSA) is 15.3 Å². The maximum absolute atomic E-state index is 3.72. The molecule has 0 bridgehead atoms. The van der Waals surface area contributed by atoms with Gasteiger partial charge < -0.3 is 5.32 Å². The first-order valence-electron chi connectivity index (χ1n) is 7.69. The minimum atomic E-state index is 0.767. The molecule has 4 atom stereocenters. The Morgan fingerprint density at radius 1 is 1.12 bits per heavy atom. The molecule has 0 amide bonds. The molecule has 2 rings (SSSR count). The number of hydrogen-bond acceptors (Lipinski definition) is 2. The lowest BCUT2D eigenvalue weighted by atomic mass is 9.91. The van der Waals surface area contributed by atoms with Crippen molar-refractivity contribution >= 4 is 0 Å². The van der Waals surface area contributed by atoms with Crippen molar-refractivity contribution < 1.29 is 0 Å². The number of likely N-dealkylation sites (tertiary alicyclic amines) is 1. The van der Waals surface area contributed by atoms with Gasteiger partial charge in [0, 0.05) is 18.6 Å². The van der Waals surface area contributed by atoms with Crippen molar-refractivity contribution in [1.82, 2.24) is 10.2 Å². The predicted octanol–water partition coefficient (Wildman–Crippen LogP) is 2.89. The van der Waals surface area contributed by atoms with Gasteiger partial charge in [0.15, 0.2) is 0 Å². The van der Waals surface area contributed by atoms with Crippen LogP contribution in [0.2, 0.25) is 0 Å². The van der Waals surface area contributed by atoms with Crippen LogP contribution in [0.3, 0.4) is 0 Å². The highest BCUT2D eigenvalue weighted by Gasteiger charge is 2.34. The molecular formula is C15H30N2. The summed E-state index contributed by atoms with van der Waals surface area (Å²) in [6.07, 6.45) is 6.96. The van der Waals surface area contributed by atoms with Crippen LogP contribution in [-0.2, 0) is 0 Å². The van der Waals surface area contributed by atoms with E-state index in [-0.39, 0.29) is 0 Å². The van der Waals surface area contributed by atoms with E-state index in [1.807, 2.05) is 0 Å². The zero-order valence-electron chi connectivity index (χ0n) is 11.9. The molecule has 1 saturated carbocycles. The Hall–Kier alpha value is -0.0800. The Bertz CT molecular complexity index is 229. The standard InChI is InChI=1S/C15H30N2/c1-4-9-16-14-8-10-17(11-13(14)3)15-7-5-6-12(15)2/h12-16H,4-11H2,1-3H3. The molecule has 1 aliphatic carbocycles.